The Kier molecular flexibility index (Phi) is 4.27. The van der Waals surface area contributed by atoms with Crippen LogP contribution in [0, 0.1) is 0 Å². The number of aliphatic hydroxyl groups excluding tert-OH is 1. The van der Waals surface area contributed by atoms with E-state index in [9.17, 15) is 0 Å². The van der Waals surface area contributed by atoms with Crippen LogP contribution >= 0.6 is 23.4 Å². The van der Waals surface area contributed by atoms with Crippen LogP contribution in [0.1, 0.15) is 6.42 Å². The third-order valence-electron chi connectivity index (χ3n) is 1.24. The first-order valence-electron chi connectivity index (χ1n) is 3.76. The number of rotatable bonds is 4. The highest BCUT2D eigenvalue weighted by Gasteiger charge is 2.00. The van der Waals surface area contributed by atoms with Gasteiger partial charge in [0.1, 0.15) is 10.2 Å². The number of thioether (sulfide) groups is 1. The third kappa shape index (κ3) is 3.80. The van der Waals surface area contributed by atoms with Gasteiger partial charge in [0.15, 0.2) is 0 Å². The summed E-state index contributed by atoms with van der Waals surface area (Å²) in [7, 11) is 0. The van der Waals surface area contributed by atoms with Crippen LogP contribution in [-0.4, -0.2) is 27.4 Å². The van der Waals surface area contributed by atoms with E-state index >= 15 is 0 Å². The number of hydrogen-bond donors (Lipinski definition) is 2. The fourth-order valence-electron chi connectivity index (χ4n) is 0.729. The first-order valence-corrected chi connectivity index (χ1v) is 5.12. The van der Waals surface area contributed by atoms with Crippen molar-refractivity contribution in [1.29, 1.82) is 0 Å². The van der Waals surface area contributed by atoms with Crippen molar-refractivity contribution in [3.8, 4) is 0 Å². The molecule has 0 spiro atoms. The van der Waals surface area contributed by atoms with E-state index in [-0.39, 0.29) is 12.6 Å². The summed E-state index contributed by atoms with van der Waals surface area (Å²) in [6.07, 6.45) is 0.728. The van der Waals surface area contributed by atoms with Crippen molar-refractivity contribution in [3.63, 3.8) is 0 Å². The summed E-state index contributed by atoms with van der Waals surface area (Å²) in [4.78, 5) is 7.70. The molecule has 0 bridgehead atoms. The lowest BCUT2D eigenvalue weighted by atomic mass is 10.5. The molecule has 0 radical (unpaired) electrons. The lowest BCUT2D eigenvalue weighted by molar-refractivity contribution is 0.296. The second-order valence-electron chi connectivity index (χ2n) is 2.31. The summed E-state index contributed by atoms with van der Waals surface area (Å²) in [6.45, 7) is 0.182. The number of halogens is 1. The zero-order valence-corrected chi connectivity index (χ0v) is 8.48. The van der Waals surface area contributed by atoms with E-state index in [1.165, 1.54) is 11.8 Å². The van der Waals surface area contributed by atoms with Crippen LogP contribution in [0.3, 0.4) is 0 Å². The van der Waals surface area contributed by atoms with Crippen molar-refractivity contribution >= 4 is 29.3 Å². The monoisotopic (exact) mass is 219 g/mol. The van der Waals surface area contributed by atoms with Crippen LogP contribution in [0.25, 0.3) is 0 Å². The number of nitrogens with two attached hydrogens (primary N) is 1. The molecule has 0 aliphatic carbocycles. The van der Waals surface area contributed by atoms with Crippen molar-refractivity contribution in [3.05, 3.63) is 11.2 Å². The van der Waals surface area contributed by atoms with Crippen molar-refractivity contribution in [2.45, 2.75) is 11.4 Å². The van der Waals surface area contributed by atoms with Crippen LogP contribution in [0.4, 0.5) is 5.95 Å². The number of aromatic nitrogens is 2. The van der Waals surface area contributed by atoms with Crippen LogP contribution in [0.5, 0.6) is 0 Å². The van der Waals surface area contributed by atoms with Gasteiger partial charge >= 0.3 is 0 Å². The van der Waals surface area contributed by atoms with Crippen molar-refractivity contribution in [2.75, 3.05) is 18.1 Å². The summed E-state index contributed by atoms with van der Waals surface area (Å²) in [5.41, 5.74) is 5.39. The van der Waals surface area contributed by atoms with Gasteiger partial charge in [-0.1, -0.05) is 11.6 Å². The highest BCUT2D eigenvalue weighted by Crippen LogP contribution is 2.19. The maximum atomic E-state index is 8.56. The van der Waals surface area contributed by atoms with E-state index in [0.29, 0.717) is 5.15 Å². The van der Waals surface area contributed by atoms with Gasteiger partial charge in [0.25, 0.3) is 0 Å². The lowest BCUT2D eigenvalue weighted by Gasteiger charge is -2.00. The molecule has 0 fully saturated rings. The molecule has 1 rings (SSSR count). The Balaban J connectivity index is 2.56. The largest absolute Gasteiger partial charge is 0.396 e. The summed E-state index contributed by atoms with van der Waals surface area (Å²) in [5, 5.41) is 9.64. The Morgan fingerprint density at radius 3 is 2.92 bits per heavy atom. The van der Waals surface area contributed by atoms with Gasteiger partial charge in [0.2, 0.25) is 5.95 Å². The molecule has 1 aromatic rings. The quantitative estimate of drug-likeness (QED) is 0.452. The molecule has 0 aromatic carbocycles. The molecule has 3 N–H and O–H groups in total. The molecule has 0 atom stereocenters. The second kappa shape index (κ2) is 5.26. The Bertz CT molecular complexity index is 264. The van der Waals surface area contributed by atoms with Gasteiger partial charge in [-0.3, -0.25) is 0 Å². The molecule has 0 aliphatic rings. The molecule has 0 saturated carbocycles. The maximum Gasteiger partial charge on any atom is 0.222 e. The average Bonchev–Trinajstić information content (AvgIpc) is 2.03. The predicted octanol–water partition coefficient (Wildman–Crippen LogP) is 1.19. The Hall–Kier alpha value is -0.520. The van der Waals surface area contributed by atoms with Crippen molar-refractivity contribution in [1.82, 2.24) is 9.97 Å². The number of hydrogen-bond acceptors (Lipinski definition) is 5. The zero-order chi connectivity index (χ0) is 9.68. The fourth-order valence-corrected chi connectivity index (χ4v) is 1.82. The van der Waals surface area contributed by atoms with E-state index in [2.05, 4.69) is 9.97 Å². The van der Waals surface area contributed by atoms with Gasteiger partial charge in [0, 0.05) is 18.4 Å². The Morgan fingerprint density at radius 2 is 2.31 bits per heavy atom. The minimum Gasteiger partial charge on any atom is -0.396 e. The normalized spacial score (nSPS) is 10.3. The third-order valence-corrected chi connectivity index (χ3v) is 2.43. The molecule has 0 amide bonds. The fraction of sp³-hybridized carbons (Fsp3) is 0.429. The van der Waals surface area contributed by atoms with Crippen LogP contribution in [-0.2, 0) is 0 Å². The van der Waals surface area contributed by atoms with Gasteiger partial charge in [-0.15, -0.1) is 11.8 Å². The van der Waals surface area contributed by atoms with Gasteiger partial charge in [-0.2, -0.15) is 0 Å². The maximum absolute atomic E-state index is 8.56. The lowest BCUT2D eigenvalue weighted by Crippen LogP contribution is -1.96. The molecule has 6 heteroatoms. The summed E-state index contributed by atoms with van der Waals surface area (Å²) >= 11 is 7.17. The number of nitrogen functional groups attached to an aromatic ring is 1. The van der Waals surface area contributed by atoms with E-state index < -0.39 is 0 Å². The van der Waals surface area contributed by atoms with Gasteiger partial charge < -0.3 is 10.8 Å². The Labute approximate surface area is 85.5 Å². The standard InChI is InChI=1S/C7H10ClN3OS/c8-5-4-6(11-7(9)10-5)13-3-1-2-12/h4,12H,1-3H2,(H2,9,10,11). The summed E-state index contributed by atoms with van der Waals surface area (Å²) in [6, 6.07) is 1.65. The molecule has 72 valence electrons. The van der Waals surface area contributed by atoms with Crippen LogP contribution < -0.4 is 5.73 Å². The average molecular weight is 220 g/mol. The molecule has 0 unspecified atom stereocenters. The van der Waals surface area contributed by atoms with E-state index in [4.69, 9.17) is 22.4 Å². The van der Waals surface area contributed by atoms with E-state index in [1.54, 1.807) is 6.07 Å². The highest BCUT2D eigenvalue weighted by molar-refractivity contribution is 7.99. The molecule has 1 aromatic heterocycles. The summed E-state index contributed by atoms with van der Waals surface area (Å²) in [5.74, 6) is 0.975. The molecule has 1 heterocycles. The van der Waals surface area contributed by atoms with Crippen LogP contribution in [0.2, 0.25) is 5.15 Å². The highest BCUT2D eigenvalue weighted by atomic mass is 35.5. The SMILES string of the molecule is Nc1nc(Cl)cc(SCCCO)n1. The molecular weight excluding hydrogens is 210 g/mol. The number of nitrogens with zero attached hydrogens (tertiary/aromatic N) is 2. The molecule has 13 heavy (non-hydrogen) atoms. The molecule has 0 saturated heterocycles. The zero-order valence-electron chi connectivity index (χ0n) is 6.90. The van der Waals surface area contributed by atoms with Crippen molar-refractivity contribution < 1.29 is 5.11 Å². The van der Waals surface area contributed by atoms with E-state index in [0.717, 1.165) is 17.2 Å². The molecule has 4 nitrogen and oxygen atoms in total. The molecular formula is C7H10ClN3OS. The smallest absolute Gasteiger partial charge is 0.222 e. The van der Waals surface area contributed by atoms with Crippen molar-refractivity contribution in [2.24, 2.45) is 0 Å². The summed E-state index contributed by atoms with van der Waals surface area (Å²) < 4.78 is 0. The first kappa shape index (κ1) is 10.6. The minimum absolute atomic E-state index is 0.180. The first-order chi connectivity index (χ1) is 6.22. The second-order valence-corrected chi connectivity index (χ2v) is 3.82. The number of anilines is 1. The minimum atomic E-state index is 0.180. The van der Waals surface area contributed by atoms with Gasteiger partial charge in [0.05, 0.1) is 0 Å². The van der Waals surface area contributed by atoms with Gasteiger partial charge in [-0.05, 0) is 6.42 Å². The predicted molar refractivity (Wildman–Crippen MR) is 53.9 cm³/mol. The van der Waals surface area contributed by atoms with Gasteiger partial charge in [-0.25, -0.2) is 9.97 Å². The van der Waals surface area contributed by atoms with E-state index in [1.807, 2.05) is 0 Å². The van der Waals surface area contributed by atoms with Crippen LogP contribution in [0.15, 0.2) is 11.1 Å². The molecule has 0 aliphatic heterocycles. The number of aliphatic hydroxyl groups is 1. The topological polar surface area (TPSA) is 72.0 Å². The Morgan fingerprint density at radius 1 is 1.54 bits per heavy atom.